The van der Waals surface area contributed by atoms with Crippen molar-refractivity contribution in [2.24, 2.45) is 0 Å². The van der Waals surface area contributed by atoms with Gasteiger partial charge in [-0.15, -0.1) is 5.10 Å². The molecular formula is C19H20ClN5O3. The van der Waals surface area contributed by atoms with Crippen LogP contribution in [-0.2, 0) is 6.42 Å². The molecule has 8 nitrogen and oxygen atoms in total. The van der Waals surface area contributed by atoms with E-state index in [4.69, 9.17) is 21.4 Å². The SMILES string of the molecule is CCc1nnnn1-c1cc(OC(=O)N[C@@H](C)CO)cc(-c2ccc(Cl)cc2)c1. The van der Waals surface area contributed by atoms with Gasteiger partial charge in [0.05, 0.1) is 18.3 Å². The minimum absolute atomic E-state index is 0.185. The summed E-state index contributed by atoms with van der Waals surface area (Å²) < 4.78 is 7.01. The van der Waals surface area contributed by atoms with Gasteiger partial charge in [-0.05, 0) is 52.7 Å². The van der Waals surface area contributed by atoms with Crippen molar-refractivity contribution < 1.29 is 14.6 Å². The van der Waals surface area contributed by atoms with Crippen molar-refractivity contribution >= 4 is 17.7 Å². The Labute approximate surface area is 167 Å². The van der Waals surface area contributed by atoms with Gasteiger partial charge in [0.15, 0.2) is 5.82 Å². The van der Waals surface area contributed by atoms with Crippen LogP contribution in [0.1, 0.15) is 19.7 Å². The molecule has 1 aromatic heterocycles. The van der Waals surface area contributed by atoms with E-state index in [2.05, 4.69) is 20.8 Å². The average Bonchev–Trinajstić information content (AvgIpc) is 3.17. The summed E-state index contributed by atoms with van der Waals surface area (Å²) in [6, 6.07) is 12.2. The van der Waals surface area contributed by atoms with Crippen LogP contribution in [0.25, 0.3) is 16.8 Å². The van der Waals surface area contributed by atoms with E-state index < -0.39 is 12.1 Å². The Kier molecular flexibility index (Phi) is 6.23. The molecule has 1 atom stereocenters. The lowest BCUT2D eigenvalue weighted by atomic mass is 10.0. The summed E-state index contributed by atoms with van der Waals surface area (Å²) in [7, 11) is 0. The summed E-state index contributed by atoms with van der Waals surface area (Å²) in [6.07, 6.45) is -0.0174. The van der Waals surface area contributed by atoms with Crippen molar-refractivity contribution in [3.8, 4) is 22.6 Å². The van der Waals surface area contributed by atoms with Gasteiger partial charge in [0.25, 0.3) is 0 Å². The molecule has 0 fully saturated rings. The first kappa shape index (κ1) is 19.8. The lowest BCUT2D eigenvalue weighted by molar-refractivity contribution is 0.186. The lowest BCUT2D eigenvalue weighted by Gasteiger charge is -2.13. The van der Waals surface area contributed by atoms with Crippen LogP contribution in [0.3, 0.4) is 0 Å². The van der Waals surface area contributed by atoms with Crippen LogP contribution >= 0.6 is 11.6 Å². The number of aromatic nitrogens is 4. The fraction of sp³-hybridized carbons (Fsp3) is 0.263. The molecule has 0 bridgehead atoms. The third-order valence-electron chi connectivity index (χ3n) is 4.01. The molecule has 28 heavy (non-hydrogen) atoms. The predicted octanol–water partition coefficient (Wildman–Crippen LogP) is 3.01. The predicted molar refractivity (Wildman–Crippen MR) is 105 cm³/mol. The molecule has 0 saturated heterocycles. The first-order chi connectivity index (χ1) is 13.5. The molecule has 2 N–H and O–H groups in total. The van der Waals surface area contributed by atoms with E-state index in [1.54, 1.807) is 35.9 Å². The average molecular weight is 402 g/mol. The number of aliphatic hydroxyl groups is 1. The maximum Gasteiger partial charge on any atom is 0.412 e. The summed E-state index contributed by atoms with van der Waals surface area (Å²) in [6.45, 7) is 3.44. The zero-order valence-corrected chi connectivity index (χ0v) is 16.2. The molecule has 0 spiro atoms. The van der Waals surface area contributed by atoms with Crippen LogP contribution in [0.2, 0.25) is 5.02 Å². The Morgan fingerprint density at radius 3 is 2.68 bits per heavy atom. The molecule has 0 aliphatic carbocycles. The summed E-state index contributed by atoms with van der Waals surface area (Å²) in [5.74, 6) is 1.00. The van der Waals surface area contributed by atoms with Gasteiger partial charge in [0, 0.05) is 17.5 Å². The minimum Gasteiger partial charge on any atom is -0.410 e. The van der Waals surface area contributed by atoms with Crippen molar-refractivity contribution in [2.45, 2.75) is 26.3 Å². The van der Waals surface area contributed by atoms with Gasteiger partial charge in [0.1, 0.15) is 5.75 Å². The van der Waals surface area contributed by atoms with Crippen molar-refractivity contribution in [1.29, 1.82) is 0 Å². The van der Waals surface area contributed by atoms with E-state index in [0.717, 1.165) is 11.1 Å². The summed E-state index contributed by atoms with van der Waals surface area (Å²) in [5, 5.41) is 24.0. The van der Waals surface area contributed by atoms with Crippen molar-refractivity contribution in [2.75, 3.05) is 6.61 Å². The standard InChI is InChI=1S/C19H20ClN5O3/c1-3-18-22-23-24-25(18)16-8-14(13-4-6-15(20)7-5-13)9-17(10-16)28-19(27)21-12(2)11-26/h4-10,12,26H,3,11H2,1-2H3,(H,21,27)/t12-/m0/s1. The second-order valence-electron chi connectivity index (χ2n) is 6.20. The minimum atomic E-state index is -0.659. The topological polar surface area (TPSA) is 102 Å². The van der Waals surface area contributed by atoms with Gasteiger partial charge in [-0.3, -0.25) is 0 Å². The number of tetrazole rings is 1. The number of amides is 1. The second-order valence-corrected chi connectivity index (χ2v) is 6.64. The third-order valence-corrected chi connectivity index (χ3v) is 4.26. The molecule has 2 aromatic carbocycles. The second kappa shape index (κ2) is 8.81. The highest BCUT2D eigenvalue weighted by Gasteiger charge is 2.14. The fourth-order valence-electron chi connectivity index (χ4n) is 2.58. The van der Waals surface area contributed by atoms with Gasteiger partial charge in [-0.2, -0.15) is 4.68 Å². The van der Waals surface area contributed by atoms with Crippen molar-refractivity contribution in [3.63, 3.8) is 0 Å². The van der Waals surface area contributed by atoms with E-state index in [1.807, 2.05) is 25.1 Å². The summed E-state index contributed by atoms with van der Waals surface area (Å²) >= 11 is 5.98. The lowest BCUT2D eigenvalue weighted by Crippen LogP contribution is -2.37. The molecule has 1 amide bonds. The number of hydrogen-bond donors (Lipinski definition) is 2. The van der Waals surface area contributed by atoms with Gasteiger partial charge in [0.2, 0.25) is 0 Å². The van der Waals surface area contributed by atoms with Crippen LogP contribution in [-0.4, -0.2) is 44.1 Å². The fourth-order valence-corrected chi connectivity index (χ4v) is 2.71. The molecule has 0 aliphatic heterocycles. The number of carbonyl (C=O) groups excluding carboxylic acids is 1. The Morgan fingerprint density at radius 2 is 2.00 bits per heavy atom. The highest BCUT2D eigenvalue weighted by Crippen LogP contribution is 2.29. The van der Waals surface area contributed by atoms with Crippen LogP contribution in [0.4, 0.5) is 4.79 Å². The maximum atomic E-state index is 12.1. The quantitative estimate of drug-likeness (QED) is 0.658. The van der Waals surface area contributed by atoms with Crippen LogP contribution < -0.4 is 10.1 Å². The summed E-state index contributed by atoms with van der Waals surface area (Å²) in [5.41, 5.74) is 2.36. The van der Waals surface area contributed by atoms with Gasteiger partial charge >= 0.3 is 6.09 Å². The van der Waals surface area contributed by atoms with Crippen molar-refractivity contribution in [1.82, 2.24) is 25.5 Å². The molecule has 3 rings (SSSR count). The zero-order chi connectivity index (χ0) is 20.1. The Balaban J connectivity index is 2.01. The molecule has 0 aliphatic rings. The molecule has 146 valence electrons. The number of carbonyl (C=O) groups is 1. The van der Waals surface area contributed by atoms with E-state index in [0.29, 0.717) is 28.7 Å². The zero-order valence-electron chi connectivity index (χ0n) is 15.5. The monoisotopic (exact) mass is 401 g/mol. The number of rotatable bonds is 6. The Bertz CT molecular complexity index is 958. The number of benzene rings is 2. The van der Waals surface area contributed by atoms with Gasteiger partial charge in [-0.1, -0.05) is 30.7 Å². The van der Waals surface area contributed by atoms with Gasteiger partial charge < -0.3 is 15.2 Å². The van der Waals surface area contributed by atoms with E-state index in [9.17, 15) is 4.79 Å². The van der Waals surface area contributed by atoms with Crippen LogP contribution in [0.5, 0.6) is 5.75 Å². The molecule has 3 aromatic rings. The third kappa shape index (κ3) is 4.65. The Hall–Kier alpha value is -2.97. The number of aryl methyl sites for hydroxylation is 1. The molecular weight excluding hydrogens is 382 g/mol. The van der Waals surface area contributed by atoms with E-state index in [-0.39, 0.29) is 6.61 Å². The number of halogens is 1. The van der Waals surface area contributed by atoms with Crippen molar-refractivity contribution in [3.05, 3.63) is 53.3 Å². The highest BCUT2D eigenvalue weighted by atomic mass is 35.5. The molecule has 9 heteroatoms. The Morgan fingerprint density at radius 1 is 1.25 bits per heavy atom. The number of nitrogens with zero attached hydrogens (tertiary/aromatic N) is 4. The first-order valence-corrected chi connectivity index (χ1v) is 9.15. The molecule has 1 heterocycles. The van der Waals surface area contributed by atoms with Crippen LogP contribution in [0.15, 0.2) is 42.5 Å². The number of ether oxygens (including phenoxy) is 1. The maximum absolute atomic E-state index is 12.1. The van der Waals surface area contributed by atoms with Gasteiger partial charge in [-0.25, -0.2) is 4.79 Å². The van der Waals surface area contributed by atoms with E-state index >= 15 is 0 Å². The number of nitrogens with one attached hydrogen (secondary N) is 1. The van der Waals surface area contributed by atoms with Crippen LogP contribution in [0, 0.1) is 0 Å². The smallest absolute Gasteiger partial charge is 0.410 e. The molecule has 0 radical (unpaired) electrons. The number of hydrogen-bond acceptors (Lipinski definition) is 6. The number of aliphatic hydroxyl groups excluding tert-OH is 1. The molecule has 0 unspecified atom stereocenters. The normalized spacial score (nSPS) is 11.9. The highest BCUT2D eigenvalue weighted by molar-refractivity contribution is 6.30. The van der Waals surface area contributed by atoms with E-state index in [1.165, 1.54) is 0 Å². The first-order valence-electron chi connectivity index (χ1n) is 8.78. The summed E-state index contributed by atoms with van der Waals surface area (Å²) in [4.78, 5) is 12.1. The molecule has 0 saturated carbocycles. The largest absolute Gasteiger partial charge is 0.412 e.